The summed E-state index contributed by atoms with van der Waals surface area (Å²) in [6.07, 6.45) is 3.60. The molecule has 0 fully saturated rings. The summed E-state index contributed by atoms with van der Waals surface area (Å²) < 4.78 is 16.0. The zero-order chi connectivity index (χ0) is 14.3. The molecular weight excluding hydrogens is 242 g/mol. The number of hydrogen-bond donors (Lipinski definition) is 1. The van der Waals surface area contributed by atoms with Gasteiger partial charge in [0.05, 0.1) is 19.3 Å². The summed E-state index contributed by atoms with van der Waals surface area (Å²) >= 11 is 0. The molecule has 0 saturated heterocycles. The van der Waals surface area contributed by atoms with Gasteiger partial charge in [0.15, 0.2) is 0 Å². The number of ether oxygens (including phenoxy) is 3. The summed E-state index contributed by atoms with van der Waals surface area (Å²) in [6.45, 7) is 11.7. The standard InChI is InChI=1S/C15H33NO3/c1-14(2)13-16-8-5-7-15(3)19-10-6-9-18-12-11-17-4/h14-16H,5-13H2,1-4H3. The molecule has 0 saturated carbocycles. The Labute approximate surface area is 119 Å². The van der Waals surface area contributed by atoms with E-state index in [0.29, 0.717) is 19.3 Å². The van der Waals surface area contributed by atoms with Gasteiger partial charge in [-0.15, -0.1) is 0 Å². The first-order chi connectivity index (χ1) is 9.16. The van der Waals surface area contributed by atoms with Gasteiger partial charge in [-0.1, -0.05) is 13.8 Å². The predicted octanol–water partition coefficient (Wildman–Crippen LogP) is 2.47. The number of hydrogen-bond acceptors (Lipinski definition) is 4. The molecule has 0 aromatic carbocycles. The van der Waals surface area contributed by atoms with Crippen LogP contribution in [0, 0.1) is 5.92 Å². The average Bonchev–Trinajstić information content (AvgIpc) is 2.37. The van der Waals surface area contributed by atoms with Crippen LogP contribution in [-0.4, -0.2) is 52.7 Å². The van der Waals surface area contributed by atoms with Gasteiger partial charge in [-0.3, -0.25) is 0 Å². The highest BCUT2D eigenvalue weighted by Gasteiger charge is 2.02. The van der Waals surface area contributed by atoms with E-state index < -0.39 is 0 Å². The fourth-order valence-corrected chi connectivity index (χ4v) is 1.68. The van der Waals surface area contributed by atoms with Crippen molar-refractivity contribution >= 4 is 0 Å². The zero-order valence-corrected chi connectivity index (χ0v) is 13.2. The van der Waals surface area contributed by atoms with Gasteiger partial charge in [0, 0.05) is 20.3 Å². The lowest BCUT2D eigenvalue weighted by molar-refractivity contribution is 0.0268. The normalized spacial score (nSPS) is 13.1. The minimum Gasteiger partial charge on any atom is -0.382 e. The summed E-state index contributed by atoms with van der Waals surface area (Å²) in [6, 6.07) is 0. The molecule has 0 radical (unpaired) electrons. The van der Waals surface area contributed by atoms with E-state index in [2.05, 4.69) is 26.1 Å². The van der Waals surface area contributed by atoms with Crippen molar-refractivity contribution < 1.29 is 14.2 Å². The first-order valence-corrected chi connectivity index (χ1v) is 7.55. The molecule has 0 rings (SSSR count). The van der Waals surface area contributed by atoms with Crippen LogP contribution in [0.4, 0.5) is 0 Å². The van der Waals surface area contributed by atoms with Gasteiger partial charge in [0.2, 0.25) is 0 Å². The Bertz CT molecular complexity index is 177. The van der Waals surface area contributed by atoms with Crippen LogP contribution in [-0.2, 0) is 14.2 Å². The highest BCUT2D eigenvalue weighted by atomic mass is 16.5. The van der Waals surface area contributed by atoms with E-state index in [0.717, 1.165) is 45.1 Å². The number of rotatable bonds is 14. The molecule has 0 aromatic heterocycles. The van der Waals surface area contributed by atoms with Crippen molar-refractivity contribution in [1.82, 2.24) is 5.32 Å². The van der Waals surface area contributed by atoms with Crippen LogP contribution in [0.5, 0.6) is 0 Å². The molecule has 0 heterocycles. The zero-order valence-electron chi connectivity index (χ0n) is 13.2. The molecule has 4 heteroatoms. The summed E-state index contributed by atoms with van der Waals surface area (Å²) in [5, 5.41) is 3.45. The van der Waals surface area contributed by atoms with Crippen LogP contribution < -0.4 is 5.32 Å². The lowest BCUT2D eigenvalue weighted by Crippen LogP contribution is -2.22. The van der Waals surface area contributed by atoms with Crippen molar-refractivity contribution in [3.05, 3.63) is 0 Å². The Morgan fingerprint density at radius 2 is 1.74 bits per heavy atom. The van der Waals surface area contributed by atoms with Gasteiger partial charge >= 0.3 is 0 Å². The second kappa shape index (κ2) is 14.3. The van der Waals surface area contributed by atoms with Crippen LogP contribution in [0.2, 0.25) is 0 Å². The molecule has 116 valence electrons. The molecule has 19 heavy (non-hydrogen) atoms. The highest BCUT2D eigenvalue weighted by Crippen LogP contribution is 2.02. The smallest absolute Gasteiger partial charge is 0.0700 e. The van der Waals surface area contributed by atoms with Gasteiger partial charge < -0.3 is 19.5 Å². The van der Waals surface area contributed by atoms with Crippen molar-refractivity contribution in [2.75, 3.05) is 46.6 Å². The predicted molar refractivity (Wildman–Crippen MR) is 79.7 cm³/mol. The third-order valence-corrected chi connectivity index (χ3v) is 2.78. The molecule has 0 aliphatic heterocycles. The van der Waals surface area contributed by atoms with Crippen molar-refractivity contribution in [1.29, 1.82) is 0 Å². The summed E-state index contributed by atoms with van der Waals surface area (Å²) in [5.41, 5.74) is 0. The van der Waals surface area contributed by atoms with Gasteiger partial charge in [-0.05, 0) is 45.2 Å². The third kappa shape index (κ3) is 15.8. The third-order valence-electron chi connectivity index (χ3n) is 2.78. The van der Waals surface area contributed by atoms with Crippen LogP contribution in [0.1, 0.15) is 40.0 Å². The lowest BCUT2D eigenvalue weighted by Gasteiger charge is -2.13. The fraction of sp³-hybridized carbons (Fsp3) is 1.00. The lowest BCUT2D eigenvalue weighted by atomic mass is 10.2. The average molecular weight is 275 g/mol. The van der Waals surface area contributed by atoms with Crippen molar-refractivity contribution in [3.63, 3.8) is 0 Å². The Hall–Kier alpha value is -0.160. The molecule has 1 atom stereocenters. The van der Waals surface area contributed by atoms with Crippen LogP contribution >= 0.6 is 0 Å². The van der Waals surface area contributed by atoms with Crippen molar-refractivity contribution in [3.8, 4) is 0 Å². The number of nitrogens with one attached hydrogen (secondary N) is 1. The van der Waals surface area contributed by atoms with E-state index in [1.54, 1.807) is 7.11 Å². The van der Waals surface area contributed by atoms with E-state index in [1.165, 1.54) is 6.42 Å². The van der Waals surface area contributed by atoms with E-state index in [9.17, 15) is 0 Å². The molecule has 4 nitrogen and oxygen atoms in total. The Balaban J connectivity index is 3.14. The van der Waals surface area contributed by atoms with E-state index >= 15 is 0 Å². The van der Waals surface area contributed by atoms with Crippen LogP contribution in [0.15, 0.2) is 0 Å². The minimum atomic E-state index is 0.347. The molecule has 0 spiro atoms. The maximum Gasteiger partial charge on any atom is 0.0700 e. The van der Waals surface area contributed by atoms with Gasteiger partial charge in [0.25, 0.3) is 0 Å². The first-order valence-electron chi connectivity index (χ1n) is 7.55. The SMILES string of the molecule is COCCOCCCOC(C)CCCNCC(C)C. The molecular formula is C15H33NO3. The van der Waals surface area contributed by atoms with E-state index in [4.69, 9.17) is 14.2 Å². The monoisotopic (exact) mass is 275 g/mol. The van der Waals surface area contributed by atoms with Crippen LogP contribution in [0.25, 0.3) is 0 Å². The Morgan fingerprint density at radius 1 is 0.947 bits per heavy atom. The Kier molecular flexibility index (Phi) is 14.1. The fourth-order valence-electron chi connectivity index (χ4n) is 1.68. The minimum absolute atomic E-state index is 0.347. The molecule has 0 amide bonds. The molecule has 0 aromatic rings. The topological polar surface area (TPSA) is 39.7 Å². The maximum atomic E-state index is 5.74. The number of methoxy groups -OCH3 is 1. The molecule has 1 N–H and O–H groups in total. The van der Waals surface area contributed by atoms with Gasteiger partial charge in [-0.2, -0.15) is 0 Å². The maximum absolute atomic E-state index is 5.74. The molecule has 1 unspecified atom stereocenters. The van der Waals surface area contributed by atoms with Crippen LogP contribution in [0.3, 0.4) is 0 Å². The van der Waals surface area contributed by atoms with Crippen molar-refractivity contribution in [2.45, 2.75) is 46.1 Å². The largest absolute Gasteiger partial charge is 0.382 e. The summed E-state index contributed by atoms with van der Waals surface area (Å²) in [7, 11) is 1.68. The van der Waals surface area contributed by atoms with E-state index in [-0.39, 0.29) is 0 Å². The summed E-state index contributed by atoms with van der Waals surface area (Å²) in [5.74, 6) is 0.729. The van der Waals surface area contributed by atoms with Gasteiger partial charge in [0.1, 0.15) is 0 Å². The molecule has 0 aliphatic carbocycles. The first kappa shape index (κ1) is 18.8. The summed E-state index contributed by atoms with van der Waals surface area (Å²) in [4.78, 5) is 0. The van der Waals surface area contributed by atoms with E-state index in [1.807, 2.05) is 0 Å². The quantitative estimate of drug-likeness (QED) is 0.494. The second-order valence-electron chi connectivity index (χ2n) is 5.38. The Morgan fingerprint density at radius 3 is 2.42 bits per heavy atom. The molecule has 0 bridgehead atoms. The van der Waals surface area contributed by atoms with Crippen molar-refractivity contribution in [2.24, 2.45) is 5.92 Å². The second-order valence-corrected chi connectivity index (χ2v) is 5.38. The highest BCUT2D eigenvalue weighted by molar-refractivity contribution is 4.55. The van der Waals surface area contributed by atoms with Gasteiger partial charge in [-0.25, -0.2) is 0 Å². The molecule has 0 aliphatic rings.